The van der Waals surface area contributed by atoms with E-state index in [1.165, 1.54) is 24.5 Å². The van der Waals surface area contributed by atoms with Crippen molar-refractivity contribution < 1.29 is 0 Å². The first kappa shape index (κ1) is 20.2. The quantitative estimate of drug-likeness (QED) is 0.470. The van der Waals surface area contributed by atoms with Gasteiger partial charge in [-0.15, -0.1) is 0 Å². The Kier molecular flexibility index (Phi) is 5.37. The molecule has 3 heterocycles. The average Bonchev–Trinajstić information content (AvgIpc) is 3.31. The number of rotatable bonds is 7. The second-order valence-corrected chi connectivity index (χ2v) is 8.07. The zero-order valence-corrected chi connectivity index (χ0v) is 18.1. The van der Waals surface area contributed by atoms with E-state index in [4.69, 9.17) is 4.98 Å². The molecule has 0 saturated heterocycles. The van der Waals surface area contributed by atoms with Crippen molar-refractivity contribution >= 4 is 16.9 Å². The Balaban J connectivity index is 2.00. The van der Waals surface area contributed by atoms with Gasteiger partial charge in [0.1, 0.15) is 0 Å². The predicted octanol–water partition coefficient (Wildman–Crippen LogP) is 3.57. The van der Waals surface area contributed by atoms with Gasteiger partial charge in [0, 0.05) is 26.8 Å². The van der Waals surface area contributed by atoms with Crippen LogP contribution in [0.2, 0.25) is 0 Å². The molecular formula is C23H29N5O2. The molecular weight excluding hydrogens is 378 g/mol. The van der Waals surface area contributed by atoms with Crippen molar-refractivity contribution in [3.8, 4) is 11.3 Å². The standard InChI is InChI=1S/C23H29N5O2/c1-5-7-11-16(6-2)14-27-18(17-12-9-8-10-13-17)15-28-19-20(24-22(27)28)25(3)23(30)26(4)21(19)29/h8-10,12-13,15-16H,5-7,11,14H2,1-4H3. The van der Waals surface area contributed by atoms with Gasteiger partial charge < -0.3 is 4.57 Å². The number of nitrogens with zero attached hydrogens (tertiary/aromatic N) is 5. The molecule has 30 heavy (non-hydrogen) atoms. The first-order valence-corrected chi connectivity index (χ1v) is 10.7. The third-order valence-electron chi connectivity index (χ3n) is 6.11. The van der Waals surface area contributed by atoms with Crippen LogP contribution in [0.5, 0.6) is 0 Å². The summed E-state index contributed by atoms with van der Waals surface area (Å²) >= 11 is 0. The number of imidazole rings is 2. The molecule has 1 atom stereocenters. The van der Waals surface area contributed by atoms with Crippen molar-refractivity contribution in [2.75, 3.05) is 0 Å². The van der Waals surface area contributed by atoms with E-state index in [2.05, 4.69) is 30.5 Å². The maximum atomic E-state index is 12.9. The summed E-state index contributed by atoms with van der Waals surface area (Å²) in [6.45, 7) is 5.27. The SMILES string of the molecule is CCCCC(CC)Cn1c(-c2ccccc2)cn2c3c(=O)n(C)c(=O)n(C)c3nc12. The van der Waals surface area contributed by atoms with Gasteiger partial charge in [0.2, 0.25) is 5.78 Å². The van der Waals surface area contributed by atoms with Gasteiger partial charge in [0.25, 0.3) is 5.56 Å². The summed E-state index contributed by atoms with van der Waals surface area (Å²) in [7, 11) is 3.17. The lowest BCUT2D eigenvalue weighted by molar-refractivity contribution is 0.396. The second kappa shape index (κ2) is 7.97. The van der Waals surface area contributed by atoms with Gasteiger partial charge in [-0.1, -0.05) is 63.4 Å². The molecule has 0 saturated carbocycles. The lowest BCUT2D eigenvalue weighted by atomic mass is 9.99. The normalized spacial score (nSPS) is 12.8. The van der Waals surface area contributed by atoms with E-state index in [0.29, 0.717) is 22.9 Å². The van der Waals surface area contributed by atoms with E-state index >= 15 is 0 Å². The smallest absolute Gasteiger partial charge is 0.309 e. The number of benzene rings is 1. The van der Waals surface area contributed by atoms with Crippen molar-refractivity contribution in [3.05, 3.63) is 57.4 Å². The van der Waals surface area contributed by atoms with Crippen molar-refractivity contribution in [2.45, 2.75) is 46.1 Å². The third-order valence-corrected chi connectivity index (χ3v) is 6.11. The summed E-state index contributed by atoms with van der Waals surface area (Å²) in [5.41, 5.74) is 2.29. The van der Waals surface area contributed by atoms with Crippen LogP contribution in [-0.2, 0) is 20.6 Å². The maximum Gasteiger partial charge on any atom is 0.332 e. The van der Waals surface area contributed by atoms with E-state index in [-0.39, 0.29) is 11.2 Å². The molecule has 0 amide bonds. The number of unbranched alkanes of at least 4 members (excludes halogenated alkanes) is 1. The molecule has 4 aromatic rings. The van der Waals surface area contributed by atoms with Crippen molar-refractivity contribution in [2.24, 2.45) is 20.0 Å². The van der Waals surface area contributed by atoms with Gasteiger partial charge in [-0.3, -0.25) is 18.3 Å². The van der Waals surface area contributed by atoms with Gasteiger partial charge in [0.15, 0.2) is 11.2 Å². The molecule has 0 aliphatic heterocycles. The van der Waals surface area contributed by atoms with Crippen molar-refractivity contribution in [1.82, 2.24) is 23.1 Å². The Morgan fingerprint density at radius 3 is 2.43 bits per heavy atom. The zero-order valence-electron chi connectivity index (χ0n) is 18.1. The molecule has 4 rings (SSSR count). The van der Waals surface area contributed by atoms with E-state index in [1.807, 2.05) is 28.8 Å². The van der Waals surface area contributed by atoms with Gasteiger partial charge >= 0.3 is 5.69 Å². The van der Waals surface area contributed by atoms with Gasteiger partial charge in [-0.2, -0.15) is 4.98 Å². The molecule has 0 spiro atoms. The summed E-state index contributed by atoms with van der Waals surface area (Å²) in [4.78, 5) is 30.1. The topological polar surface area (TPSA) is 66.2 Å². The van der Waals surface area contributed by atoms with Crippen LogP contribution in [0.15, 0.2) is 46.1 Å². The van der Waals surface area contributed by atoms with E-state index in [9.17, 15) is 9.59 Å². The van der Waals surface area contributed by atoms with Crippen molar-refractivity contribution in [3.63, 3.8) is 0 Å². The number of aromatic nitrogens is 5. The summed E-state index contributed by atoms with van der Waals surface area (Å²) in [6.07, 6.45) is 6.60. The molecule has 1 unspecified atom stereocenters. The van der Waals surface area contributed by atoms with Crippen LogP contribution in [0.3, 0.4) is 0 Å². The lowest BCUT2D eigenvalue weighted by Gasteiger charge is -2.17. The first-order valence-electron chi connectivity index (χ1n) is 10.7. The van der Waals surface area contributed by atoms with Crippen LogP contribution >= 0.6 is 0 Å². The summed E-state index contributed by atoms with van der Waals surface area (Å²) in [6, 6.07) is 10.2. The Morgan fingerprint density at radius 2 is 1.77 bits per heavy atom. The van der Waals surface area contributed by atoms with Gasteiger partial charge in [0.05, 0.1) is 5.69 Å². The molecule has 0 radical (unpaired) electrons. The van der Waals surface area contributed by atoms with Crippen LogP contribution in [0.25, 0.3) is 28.2 Å². The minimum Gasteiger partial charge on any atom is -0.309 e. The number of fused-ring (bicyclic) bond motifs is 3. The van der Waals surface area contributed by atoms with Crippen LogP contribution in [-0.4, -0.2) is 23.1 Å². The fourth-order valence-electron chi connectivity index (χ4n) is 4.21. The van der Waals surface area contributed by atoms with Crippen LogP contribution in [0.4, 0.5) is 0 Å². The van der Waals surface area contributed by atoms with Crippen LogP contribution < -0.4 is 11.2 Å². The molecule has 0 bridgehead atoms. The highest BCUT2D eigenvalue weighted by Gasteiger charge is 2.22. The number of hydrogen-bond acceptors (Lipinski definition) is 3. The monoisotopic (exact) mass is 407 g/mol. The predicted molar refractivity (Wildman–Crippen MR) is 120 cm³/mol. The Morgan fingerprint density at radius 1 is 1.03 bits per heavy atom. The summed E-state index contributed by atoms with van der Waals surface area (Å²) in [5.74, 6) is 1.23. The zero-order chi connectivity index (χ0) is 21.4. The Hall–Kier alpha value is -3.09. The van der Waals surface area contributed by atoms with E-state index in [0.717, 1.165) is 35.2 Å². The molecule has 7 heteroatoms. The van der Waals surface area contributed by atoms with Crippen LogP contribution in [0, 0.1) is 5.92 Å². The maximum absolute atomic E-state index is 12.9. The highest BCUT2D eigenvalue weighted by atomic mass is 16.2. The molecule has 0 aliphatic carbocycles. The number of hydrogen-bond donors (Lipinski definition) is 0. The highest BCUT2D eigenvalue weighted by Crippen LogP contribution is 2.28. The average molecular weight is 408 g/mol. The lowest BCUT2D eigenvalue weighted by Crippen LogP contribution is -2.37. The molecule has 0 fully saturated rings. The van der Waals surface area contributed by atoms with Gasteiger partial charge in [-0.05, 0) is 17.9 Å². The molecule has 158 valence electrons. The molecule has 3 aromatic heterocycles. The van der Waals surface area contributed by atoms with Crippen LogP contribution in [0.1, 0.15) is 39.5 Å². The fraction of sp³-hybridized carbons (Fsp3) is 0.435. The Bertz CT molecular complexity index is 1310. The van der Waals surface area contributed by atoms with E-state index in [1.54, 1.807) is 7.05 Å². The molecule has 7 nitrogen and oxygen atoms in total. The first-order chi connectivity index (χ1) is 14.5. The fourth-order valence-corrected chi connectivity index (χ4v) is 4.21. The highest BCUT2D eigenvalue weighted by molar-refractivity contribution is 5.78. The van der Waals surface area contributed by atoms with E-state index < -0.39 is 0 Å². The minimum absolute atomic E-state index is 0.324. The third kappa shape index (κ3) is 3.18. The summed E-state index contributed by atoms with van der Waals surface area (Å²) < 4.78 is 6.66. The molecule has 0 aliphatic rings. The molecule has 0 N–H and O–H groups in total. The minimum atomic E-state index is -0.363. The molecule has 1 aromatic carbocycles. The summed E-state index contributed by atoms with van der Waals surface area (Å²) in [5, 5.41) is 0. The second-order valence-electron chi connectivity index (χ2n) is 8.07. The van der Waals surface area contributed by atoms with Gasteiger partial charge in [-0.25, -0.2) is 4.79 Å². The number of aryl methyl sites for hydroxylation is 1. The Labute approximate surface area is 175 Å². The largest absolute Gasteiger partial charge is 0.332 e. The van der Waals surface area contributed by atoms with Crippen molar-refractivity contribution in [1.29, 1.82) is 0 Å².